The van der Waals surface area contributed by atoms with E-state index in [4.69, 9.17) is 5.73 Å². The molecule has 0 radical (unpaired) electrons. The van der Waals surface area contributed by atoms with Crippen LogP contribution >= 0.6 is 0 Å². The van der Waals surface area contributed by atoms with E-state index in [9.17, 15) is 4.79 Å². The van der Waals surface area contributed by atoms with E-state index in [-0.39, 0.29) is 11.2 Å². The third-order valence-corrected chi connectivity index (χ3v) is 3.85. The number of nitrogens with two attached hydrogens (primary N) is 1. The average Bonchev–Trinajstić information content (AvgIpc) is 3.00. The predicted octanol–water partition coefficient (Wildman–Crippen LogP) is 2.57. The number of benzene rings is 1. The molecule has 0 bridgehead atoms. The molecule has 0 saturated heterocycles. The average molecular weight is 313 g/mol. The highest BCUT2D eigenvalue weighted by atomic mass is 16.1. The van der Waals surface area contributed by atoms with Gasteiger partial charge in [-0.25, -0.2) is 9.67 Å². The van der Waals surface area contributed by atoms with Gasteiger partial charge in [-0.1, -0.05) is 12.1 Å². The van der Waals surface area contributed by atoms with Gasteiger partial charge in [-0.2, -0.15) is 0 Å². The summed E-state index contributed by atoms with van der Waals surface area (Å²) in [6.07, 6.45) is 0. The molecule has 3 rings (SSSR count). The van der Waals surface area contributed by atoms with Crippen molar-refractivity contribution in [2.24, 2.45) is 17.3 Å². The number of fused-ring (bicyclic) bond motifs is 1. The van der Waals surface area contributed by atoms with E-state index < -0.39 is 0 Å². The monoisotopic (exact) mass is 313 g/mol. The van der Waals surface area contributed by atoms with E-state index in [1.807, 2.05) is 49.7 Å². The molecule has 8 nitrogen and oxygen atoms in total. The Morgan fingerprint density at radius 2 is 1.83 bits per heavy atom. The van der Waals surface area contributed by atoms with Crippen molar-refractivity contribution in [3.05, 3.63) is 34.6 Å². The van der Waals surface area contributed by atoms with Gasteiger partial charge in [0.2, 0.25) is 5.95 Å². The second-order valence-electron chi connectivity index (χ2n) is 5.13. The Kier molecular flexibility index (Phi) is 3.73. The van der Waals surface area contributed by atoms with Crippen molar-refractivity contribution in [2.45, 2.75) is 26.9 Å². The normalized spacial score (nSPS) is 11.8. The third-order valence-electron chi connectivity index (χ3n) is 3.85. The molecule has 0 aliphatic rings. The Balaban J connectivity index is 2.07. The van der Waals surface area contributed by atoms with Crippen molar-refractivity contribution in [2.75, 3.05) is 5.73 Å². The van der Waals surface area contributed by atoms with Crippen LogP contribution in [0.25, 0.3) is 11.0 Å². The first-order chi connectivity index (χ1) is 11.1. The number of hydrogen-bond donors (Lipinski definition) is 1. The van der Waals surface area contributed by atoms with Crippen LogP contribution in [0.2, 0.25) is 0 Å². The number of aryl methyl sites for hydroxylation is 1. The van der Waals surface area contributed by atoms with Crippen LogP contribution < -0.4 is 11.3 Å². The van der Waals surface area contributed by atoms with Gasteiger partial charge in [0.1, 0.15) is 0 Å². The summed E-state index contributed by atoms with van der Waals surface area (Å²) >= 11 is 0. The molecule has 3 aromatic rings. The van der Waals surface area contributed by atoms with Crippen LogP contribution in [0.5, 0.6) is 0 Å². The van der Waals surface area contributed by atoms with Crippen molar-refractivity contribution in [3.8, 4) is 0 Å². The summed E-state index contributed by atoms with van der Waals surface area (Å²) in [7, 11) is 1.86. The van der Waals surface area contributed by atoms with Gasteiger partial charge in [0.25, 0.3) is 5.56 Å². The largest absolute Gasteiger partial charge is 0.382 e. The number of rotatable bonds is 4. The van der Waals surface area contributed by atoms with Crippen LogP contribution in [-0.4, -0.2) is 18.9 Å². The standard InChI is InChI=1S/C15H19N7O/c1-4-21-13(16)12(14(23)22(21)5-2)18-19-15-17-10-8-6-7-9-11(10)20(15)3/h6-9H,4-5,16H2,1-3H3. The van der Waals surface area contributed by atoms with E-state index >= 15 is 0 Å². The number of anilines is 1. The molecule has 0 saturated carbocycles. The molecule has 120 valence electrons. The number of nitrogens with zero attached hydrogens (tertiary/aromatic N) is 6. The lowest BCUT2D eigenvalue weighted by atomic mass is 10.3. The second kappa shape index (κ2) is 5.71. The van der Waals surface area contributed by atoms with Gasteiger partial charge < -0.3 is 10.3 Å². The van der Waals surface area contributed by atoms with Crippen LogP contribution in [0.1, 0.15) is 13.8 Å². The molecule has 8 heteroatoms. The molecule has 0 unspecified atom stereocenters. The minimum absolute atomic E-state index is 0.153. The fraction of sp³-hybridized carbons (Fsp3) is 0.333. The van der Waals surface area contributed by atoms with E-state index in [0.717, 1.165) is 11.0 Å². The van der Waals surface area contributed by atoms with Gasteiger partial charge in [-0.15, -0.1) is 10.2 Å². The lowest BCUT2D eigenvalue weighted by Gasteiger charge is -2.07. The lowest BCUT2D eigenvalue weighted by Crippen LogP contribution is -2.21. The molecule has 2 heterocycles. The number of nitrogen functional groups attached to an aromatic ring is 1. The first-order valence-corrected chi connectivity index (χ1v) is 7.50. The van der Waals surface area contributed by atoms with Gasteiger partial charge in [-0.05, 0) is 26.0 Å². The fourth-order valence-corrected chi connectivity index (χ4v) is 2.66. The summed E-state index contributed by atoms with van der Waals surface area (Å²) in [6.45, 7) is 4.93. The number of aromatic nitrogens is 4. The van der Waals surface area contributed by atoms with Gasteiger partial charge in [-0.3, -0.25) is 9.48 Å². The van der Waals surface area contributed by atoms with E-state index in [1.165, 1.54) is 0 Å². The van der Waals surface area contributed by atoms with Gasteiger partial charge in [0.15, 0.2) is 11.5 Å². The zero-order valence-electron chi connectivity index (χ0n) is 13.4. The quantitative estimate of drug-likeness (QED) is 0.750. The number of hydrogen-bond acceptors (Lipinski definition) is 5. The van der Waals surface area contributed by atoms with Crippen molar-refractivity contribution >= 4 is 28.5 Å². The zero-order valence-corrected chi connectivity index (χ0v) is 13.4. The van der Waals surface area contributed by atoms with Gasteiger partial charge >= 0.3 is 0 Å². The number of imidazole rings is 1. The molecular weight excluding hydrogens is 294 g/mol. The Hall–Kier alpha value is -2.90. The second-order valence-corrected chi connectivity index (χ2v) is 5.13. The summed E-state index contributed by atoms with van der Waals surface area (Å²) in [6, 6.07) is 7.70. The van der Waals surface area contributed by atoms with Crippen LogP contribution in [-0.2, 0) is 20.1 Å². The SMILES string of the molecule is CCn1c(N)c(N=Nc2nc3ccccc3n2C)c(=O)n1CC. The minimum atomic E-state index is -0.241. The molecule has 0 aliphatic carbocycles. The summed E-state index contributed by atoms with van der Waals surface area (Å²) < 4.78 is 5.08. The Labute approximate surface area is 132 Å². The lowest BCUT2D eigenvalue weighted by molar-refractivity contribution is 0.483. The molecule has 0 aliphatic heterocycles. The zero-order chi connectivity index (χ0) is 16.6. The molecule has 0 fully saturated rings. The summed E-state index contributed by atoms with van der Waals surface area (Å²) in [4.78, 5) is 16.8. The molecule has 23 heavy (non-hydrogen) atoms. The molecule has 1 aromatic carbocycles. The smallest absolute Gasteiger partial charge is 0.296 e. The highest BCUT2D eigenvalue weighted by molar-refractivity contribution is 5.77. The molecule has 0 spiro atoms. The minimum Gasteiger partial charge on any atom is -0.382 e. The van der Waals surface area contributed by atoms with Crippen molar-refractivity contribution in [3.63, 3.8) is 0 Å². The topological polar surface area (TPSA) is 95.5 Å². The molecule has 0 atom stereocenters. The molecular formula is C15H19N7O. The van der Waals surface area contributed by atoms with Gasteiger partial charge in [0, 0.05) is 20.1 Å². The predicted molar refractivity (Wildman–Crippen MR) is 89.3 cm³/mol. The molecule has 2 N–H and O–H groups in total. The van der Waals surface area contributed by atoms with E-state index in [2.05, 4.69) is 15.2 Å². The molecule has 0 amide bonds. The highest BCUT2D eigenvalue weighted by Gasteiger charge is 2.16. The van der Waals surface area contributed by atoms with E-state index in [1.54, 1.807) is 9.36 Å². The Morgan fingerprint density at radius 3 is 2.43 bits per heavy atom. The molecule has 2 aromatic heterocycles. The van der Waals surface area contributed by atoms with Crippen LogP contribution in [0.4, 0.5) is 17.5 Å². The third kappa shape index (κ3) is 2.32. The Bertz CT molecular complexity index is 945. The number of para-hydroxylation sites is 2. The van der Waals surface area contributed by atoms with Crippen molar-refractivity contribution in [1.82, 2.24) is 18.9 Å². The highest BCUT2D eigenvalue weighted by Crippen LogP contribution is 2.24. The maximum Gasteiger partial charge on any atom is 0.296 e. The summed E-state index contributed by atoms with van der Waals surface area (Å²) in [5.74, 6) is 0.749. The van der Waals surface area contributed by atoms with Crippen LogP contribution in [0.3, 0.4) is 0 Å². The van der Waals surface area contributed by atoms with E-state index in [0.29, 0.717) is 24.9 Å². The van der Waals surface area contributed by atoms with Crippen molar-refractivity contribution < 1.29 is 0 Å². The Morgan fingerprint density at radius 1 is 1.13 bits per heavy atom. The maximum atomic E-state index is 12.4. The first kappa shape index (κ1) is 15.0. The van der Waals surface area contributed by atoms with Crippen LogP contribution in [0, 0.1) is 0 Å². The van der Waals surface area contributed by atoms with Gasteiger partial charge in [0.05, 0.1) is 11.0 Å². The fourth-order valence-electron chi connectivity index (χ4n) is 2.66. The maximum absolute atomic E-state index is 12.4. The van der Waals surface area contributed by atoms with Crippen molar-refractivity contribution in [1.29, 1.82) is 0 Å². The number of azo groups is 1. The summed E-state index contributed by atoms with van der Waals surface area (Å²) in [5, 5.41) is 8.20. The summed E-state index contributed by atoms with van der Waals surface area (Å²) in [5.41, 5.74) is 7.72. The van der Waals surface area contributed by atoms with Crippen LogP contribution in [0.15, 0.2) is 39.3 Å². The first-order valence-electron chi connectivity index (χ1n) is 7.50.